The molecular weight excluding hydrogens is 260 g/mol. The van der Waals surface area contributed by atoms with Crippen LogP contribution in [-0.2, 0) is 4.79 Å². The van der Waals surface area contributed by atoms with Crippen molar-refractivity contribution in [1.82, 2.24) is 9.80 Å². The van der Waals surface area contributed by atoms with Crippen LogP contribution in [0.5, 0.6) is 0 Å². The third kappa shape index (κ3) is 2.18. The molecule has 3 atom stereocenters. The van der Waals surface area contributed by atoms with Crippen LogP contribution in [0.25, 0.3) is 0 Å². The van der Waals surface area contributed by atoms with E-state index in [1.807, 2.05) is 6.07 Å². The van der Waals surface area contributed by atoms with Crippen LogP contribution < -0.4 is 0 Å². The second kappa shape index (κ2) is 5.45. The topological polar surface area (TPSA) is 23.6 Å². The Kier molecular flexibility index (Phi) is 3.46. The van der Waals surface area contributed by atoms with Gasteiger partial charge < -0.3 is 4.90 Å². The molecule has 0 saturated carbocycles. The average molecular weight is 284 g/mol. The SMILES string of the molecule is O=C1C(c2ccccc2)C2CCCCN2C2CCCCN12. The second-order valence-electron chi connectivity index (χ2n) is 6.70. The van der Waals surface area contributed by atoms with Gasteiger partial charge in [0.05, 0.1) is 12.1 Å². The van der Waals surface area contributed by atoms with Crippen LogP contribution in [0.1, 0.15) is 50.0 Å². The van der Waals surface area contributed by atoms with E-state index in [0.717, 1.165) is 6.54 Å². The molecule has 3 saturated heterocycles. The average Bonchev–Trinajstić information content (AvgIpc) is 2.56. The van der Waals surface area contributed by atoms with E-state index >= 15 is 0 Å². The minimum Gasteiger partial charge on any atom is -0.326 e. The number of hydrogen-bond donors (Lipinski definition) is 0. The van der Waals surface area contributed by atoms with Gasteiger partial charge in [-0.1, -0.05) is 36.8 Å². The summed E-state index contributed by atoms with van der Waals surface area (Å²) in [5.74, 6) is 0.440. The molecule has 1 aromatic rings. The molecule has 0 N–H and O–H groups in total. The zero-order chi connectivity index (χ0) is 14.2. The lowest BCUT2D eigenvalue weighted by Gasteiger charge is -2.55. The highest BCUT2D eigenvalue weighted by Gasteiger charge is 2.48. The number of carbonyl (C=O) groups is 1. The zero-order valence-electron chi connectivity index (χ0n) is 12.6. The van der Waals surface area contributed by atoms with Gasteiger partial charge in [0.1, 0.15) is 0 Å². The molecule has 3 nitrogen and oxygen atoms in total. The van der Waals surface area contributed by atoms with Gasteiger partial charge in [-0.15, -0.1) is 0 Å². The van der Waals surface area contributed by atoms with Crippen molar-refractivity contribution < 1.29 is 4.79 Å². The third-order valence-electron chi connectivity index (χ3n) is 5.54. The van der Waals surface area contributed by atoms with Crippen LogP contribution in [0, 0.1) is 0 Å². The summed E-state index contributed by atoms with van der Waals surface area (Å²) >= 11 is 0. The van der Waals surface area contributed by atoms with Crippen molar-refractivity contribution in [2.75, 3.05) is 13.1 Å². The zero-order valence-corrected chi connectivity index (χ0v) is 12.6. The van der Waals surface area contributed by atoms with Crippen molar-refractivity contribution in [2.24, 2.45) is 0 Å². The fourth-order valence-electron chi connectivity index (χ4n) is 4.59. The first-order valence-corrected chi connectivity index (χ1v) is 8.47. The predicted octanol–water partition coefficient (Wildman–Crippen LogP) is 2.98. The van der Waals surface area contributed by atoms with E-state index in [4.69, 9.17) is 0 Å². The Balaban J connectivity index is 1.72. The first-order chi connectivity index (χ1) is 10.4. The van der Waals surface area contributed by atoms with Gasteiger partial charge in [0.15, 0.2) is 0 Å². The van der Waals surface area contributed by atoms with Crippen molar-refractivity contribution in [1.29, 1.82) is 0 Å². The normalized spacial score (nSPS) is 33.4. The minimum atomic E-state index is 0.0563. The summed E-state index contributed by atoms with van der Waals surface area (Å²) in [4.78, 5) is 18.0. The Hall–Kier alpha value is -1.35. The van der Waals surface area contributed by atoms with Crippen LogP contribution in [-0.4, -0.2) is 41.0 Å². The van der Waals surface area contributed by atoms with Gasteiger partial charge in [0.2, 0.25) is 5.91 Å². The molecule has 0 bridgehead atoms. The molecule has 0 aromatic heterocycles. The molecule has 0 radical (unpaired) electrons. The number of fused-ring (bicyclic) bond motifs is 3. The summed E-state index contributed by atoms with van der Waals surface area (Å²) in [6, 6.07) is 10.9. The van der Waals surface area contributed by atoms with Crippen molar-refractivity contribution in [2.45, 2.75) is 56.7 Å². The van der Waals surface area contributed by atoms with Crippen molar-refractivity contribution in [3.63, 3.8) is 0 Å². The molecule has 3 unspecified atom stereocenters. The van der Waals surface area contributed by atoms with Gasteiger partial charge in [-0.05, 0) is 37.7 Å². The lowest BCUT2D eigenvalue weighted by molar-refractivity contribution is -0.158. The fraction of sp³-hybridized carbons (Fsp3) is 0.611. The van der Waals surface area contributed by atoms with Gasteiger partial charge in [-0.3, -0.25) is 9.69 Å². The molecule has 3 heterocycles. The molecule has 0 spiro atoms. The molecule has 3 aliphatic rings. The van der Waals surface area contributed by atoms with Crippen molar-refractivity contribution in [3.8, 4) is 0 Å². The van der Waals surface area contributed by atoms with Gasteiger partial charge in [0.25, 0.3) is 0 Å². The van der Waals surface area contributed by atoms with Gasteiger partial charge in [0, 0.05) is 19.1 Å². The molecule has 0 aliphatic carbocycles. The summed E-state index contributed by atoms with van der Waals surface area (Å²) < 4.78 is 0. The van der Waals surface area contributed by atoms with Crippen LogP contribution in [0.15, 0.2) is 30.3 Å². The van der Waals surface area contributed by atoms with E-state index in [2.05, 4.69) is 34.1 Å². The number of benzene rings is 1. The van der Waals surface area contributed by atoms with E-state index in [0.29, 0.717) is 18.1 Å². The molecule has 3 heteroatoms. The van der Waals surface area contributed by atoms with E-state index in [-0.39, 0.29) is 5.92 Å². The standard InChI is InChI=1S/C18H24N2O/c21-18-17(14-8-2-1-3-9-14)15-10-4-6-12-19(15)16-11-5-7-13-20(16)18/h1-3,8-9,15-17H,4-7,10-13H2. The Morgan fingerprint density at radius 1 is 0.905 bits per heavy atom. The number of nitrogens with zero attached hydrogens (tertiary/aromatic N) is 2. The number of rotatable bonds is 1. The third-order valence-corrected chi connectivity index (χ3v) is 5.54. The smallest absolute Gasteiger partial charge is 0.232 e. The largest absolute Gasteiger partial charge is 0.326 e. The summed E-state index contributed by atoms with van der Waals surface area (Å²) in [5, 5.41) is 0. The second-order valence-corrected chi connectivity index (χ2v) is 6.70. The molecule has 3 aliphatic heterocycles. The van der Waals surface area contributed by atoms with Gasteiger partial charge >= 0.3 is 0 Å². The molecule has 1 amide bonds. The molecule has 3 fully saturated rings. The first-order valence-electron chi connectivity index (χ1n) is 8.47. The van der Waals surface area contributed by atoms with E-state index in [1.165, 1.54) is 50.6 Å². The molecule has 21 heavy (non-hydrogen) atoms. The Labute approximate surface area is 126 Å². The lowest BCUT2D eigenvalue weighted by Crippen LogP contribution is -2.65. The summed E-state index contributed by atoms with van der Waals surface area (Å²) in [6.45, 7) is 2.12. The maximum absolute atomic E-state index is 13.1. The monoisotopic (exact) mass is 284 g/mol. The summed E-state index contributed by atoms with van der Waals surface area (Å²) in [6.07, 6.45) is 7.73. The summed E-state index contributed by atoms with van der Waals surface area (Å²) in [5.41, 5.74) is 1.21. The Bertz CT molecular complexity index is 515. The molecular formula is C18H24N2O. The first kappa shape index (κ1) is 13.3. The number of carbonyl (C=O) groups excluding carboxylic acids is 1. The molecule has 4 rings (SSSR count). The van der Waals surface area contributed by atoms with Crippen molar-refractivity contribution in [3.05, 3.63) is 35.9 Å². The van der Waals surface area contributed by atoms with Crippen LogP contribution >= 0.6 is 0 Å². The highest BCUT2D eigenvalue weighted by molar-refractivity contribution is 5.86. The van der Waals surface area contributed by atoms with E-state index in [9.17, 15) is 4.79 Å². The highest BCUT2D eigenvalue weighted by atomic mass is 16.2. The lowest BCUT2D eigenvalue weighted by atomic mass is 9.80. The van der Waals surface area contributed by atoms with Crippen molar-refractivity contribution >= 4 is 5.91 Å². The van der Waals surface area contributed by atoms with Crippen LogP contribution in [0.4, 0.5) is 0 Å². The maximum Gasteiger partial charge on any atom is 0.232 e. The summed E-state index contributed by atoms with van der Waals surface area (Å²) in [7, 11) is 0. The van der Waals surface area contributed by atoms with E-state index < -0.39 is 0 Å². The fourth-order valence-corrected chi connectivity index (χ4v) is 4.59. The predicted molar refractivity (Wildman–Crippen MR) is 82.9 cm³/mol. The van der Waals surface area contributed by atoms with Gasteiger partial charge in [-0.25, -0.2) is 0 Å². The van der Waals surface area contributed by atoms with Crippen LogP contribution in [0.2, 0.25) is 0 Å². The highest BCUT2D eigenvalue weighted by Crippen LogP contribution is 2.40. The minimum absolute atomic E-state index is 0.0563. The molecule has 112 valence electrons. The quantitative estimate of drug-likeness (QED) is 0.791. The Morgan fingerprint density at radius 2 is 1.67 bits per heavy atom. The van der Waals surface area contributed by atoms with E-state index in [1.54, 1.807) is 0 Å². The van der Waals surface area contributed by atoms with Crippen LogP contribution in [0.3, 0.4) is 0 Å². The number of amides is 1. The molecule has 1 aromatic carbocycles. The number of piperidine rings is 2. The maximum atomic E-state index is 13.1. The van der Waals surface area contributed by atoms with Gasteiger partial charge in [-0.2, -0.15) is 0 Å². The number of hydrogen-bond acceptors (Lipinski definition) is 2. The Morgan fingerprint density at radius 3 is 2.52 bits per heavy atom.